The van der Waals surface area contributed by atoms with Crippen molar-refractivity contribution in [2.24, 2.45) is 0 Å². The smallest absolute Gasteiger partial charge is 0.234 e. The highest BCUT2D eigenvalue weighted by molar-refractivity contribution is 5.38. The molecule has 0 amide bonds. The predicted molar refractivity (Wildman–Crippen MR) is 77.9 cm³/mol. The maximum absolute atomic E-state index is 5.71. The van der Waals surface area contributed by atoms with Crippen LogP contribution in [0.25, 0.3) is 0 Å². The van der Waals surface area contributed by atoms with E-state index < -0.39 is 0 Å². The Balaban J connectivity index is 1.65. The van der Waals surface area contributed by atoms with Crippen LogP contribution < -0.4 is 15.0 Å². The number of rotatable bonds is 4. The van der Waals surface area contributed by atoms with E-state index in [9.17, 15) is 0 Å². The van der Waals surface area contributed by atoms with Gasteiger partial charge in [0.1, 0.15) is 6.61 Å². The monoisotopic (exact) mass is 270 g/mol. The molecular formula is C15H18N4O. The Kier molecular flexibility index (Phi) is 4.08. The van der Waals surface area contributed by atoms with Gasteiger partial charge < -0.3 is 15.0 Å². The summed E-state index contributed by atoms with van der Waals surface area (Å²) in [6.45, 7) is 4.39. The maximum atomic E-state index is 5.71. The lowest BCUT2D eigenvalue weighted by Gasteiger charge is -2.28. The van der Waals surface area contributed by atoms with Crippen molar-refractivity contribution in [3.8, 4) is 5.88 Å². The molecule has 1 aliphatic heterocycles. The Morgan fingerprint density at radius 1 is 1.10 bits per heavy atom. The molecule has 5 heteroatoms. The fraction of sp³-hybridized carbons (Fsp3) is 0.333. The number of hydrogen-bond donors (Lipinski definition) is 1. The second kappa shape index (κ2) is 6.34. The summed E-state index contributed by atoms with van der Waals surface area (Å²) in [4.78, 5) is 11.0. The van der Waals surface area contributed by atoms with Crippen molar-refractivity contribution in [2.45, 2.75) is 6.61 Å². The first kappa shape index (κ1) is 12.9. The Morgan fingerprint density at radius 3 is 2.70 bits per heavy atom. The molecule has 2 heterocycles. The van der Waals surface area contributed by atoms with Crippen LogP contribution in [0.3, 0.4) is 0 Å². The van der Waals surface area contributed by atoms with Crippen LogP contribution in [-0.4, -0.2) is 36.1 Å². The van der Waals surface area contributed by atoms with Crippen LogP contribution in [0.5, 0.6) is 5.88 Å². The van der Waals surface area contributed by atoms with Gasteiger partial charge in [-0.05, 0) is 5.56 Å². The van der Waals surface area contributed by atoms with Crippen molar-refractivity contribution in [3.63, 3.8) is 0 Å². The highest BCUT2D eigenvalue weighted by atomic mass is 16.5. The van der Waals surface area contributed by atoms with Crippen LogP contribution in [0, 0.1) is 0 Å². The van der Waals surface area contributed by atoms with E-state index in [0.29, 0.717) is 12.5 Å². The lowest BCUT2D eigenvalue weighted by molar-refractivity contribution is 0.292. The van der Waals surface area contributed by atoms with E-state index in [4.69, 9.17) is 4.74 Å². The average Bonchev–Trinajstić information content (AvgIpc) is 2.55. The van der Waals surface area contributed by atoms with Gasteiger partial charge in [0, 0.05) is 26.2 Å². The molecule has 1 saturated heterocycles. The quantitative estimate of drug-likeness (QED) is 0.911. The summed E-state index contributed by atoms with van der Waals surface area (Å²) in [5, 5.41) is 3.32. The van der Waals surface area contributed by atoms with Crippen molar-refractivity contribution in [1.29, 1.82) is 0 Å². The molecule has 0 radical (unpaired) electrons. The molecule has 1 fully saturated rings. The lowest BCUT2D eigenvalue weighted by Crippen LogP contribution is -2.43. The van der Waals surface area contributed by atoms with Crippen LogP contribution in [0.4, 0.5) is 5.82 Å². The van der Waals surface area contributed by atoms with Crippen molar-refractivity contribution < 1.29 is 4.74 Å². The maximum Gasteiger partial charge on any atom is 0.234 e. The summed E-state index contributed by atoms with van der Waals surface area (Å²) in [7, 11) is 0. The first-order valence-electron chi connectivity index (χ1n) is 6.86. The molecule has 20 heavy (non-hydrogen) atoms. The summed E-state index contributed by atoms with van der Waals surface area (Å²) < 4.78 is 5.71. The van der Waals surface area contributed by atoms with Gasteiger partial charge >= 0.3 is 0 Å². The third kappa shape index (κ3) is 3.24. The van der Waals surface area contributed by atoms with E-state index in [1.54, 1.807) is 12.4 Å². The predicted octanol–water partition coefficient (Wildman–Crippen LogP) is 1.47. The second-order valence-corrected chi connectivity index (χ2v) is 4.73. The molecule has 2 aromatic rings. The number of anilines is 1. The minimum absolute atomic E-state index is 0.514. The Hall–Kier alpha value is -2.14. The lowest BCUT2D eigenvalue weighted by atomic mass is 10.2. The number of piperazine rings is 1. The fourth-order valence-electron chi connectivity index (χ4n) is 2.19. The van der Waals surface area contributed by atoms with Crippen LogP contribution in [0.2, 0.25) is 0 Å². The van der Waals surface area contributed by atoms with E-state index in [0.717, 1.165) is 37.6 Å². The molecule has 104 valence electrons. The van der Waals surface area contributed by atoms with Crippen molar-refractivity contribution in [1.82, 2.24) is 15.3 Å². The molecule has 0 unspecified atom stereocenters. The Labute approximate surface area is 118 Å². The number of benzene rings is 1. The Bertz CT molecular complexity index is 541. The fourth-order valence-corrected chi connectivity index (χ4v) is 2.19. The van der Waals surface area contributed by atoms with Gasteiger partial charge in [-0.2, -0.15) is 4.98 Å². The summed E-state index contributed by atoms with van der Waals surface area (Å²) in [6, 6.07) is 10.1. The van der Waals surface area contributed by atoms with Gasteiger partial charge in [0.15, 0.2) is 5.82 Å². The first-order chi connectivity index (χ1) is 9.92. The first-order valence-corrected chi connectivity index (χ1v) is 6.86. The van der Waals surface area contributed by atoms with E-state index in [1.165, 1.54) is 0 Å². The summed E-state index contributed by atoms with van der Waals surface area (Å²) in [6.07, 6.45) is 3.45. The minimum Gasteiger partial charge on any atom is -0.472 e. The summed E-state index contributed by atoms with van der Waals surface area (Å²) in [5.74, 6) is 1.46. The van der Waals surface area contributed by atoms with E-state index in [-0.39, 0.29) is 0 Å². The van der Waals surface area contributed by atoms with Gasteiger partial charge in [-0.25, -0.2) is 0 Å². The highest BCUT2D eigenvalue weighted by Crippen LogP contribution is 2.15. The van der Waals surface area contributed by atoms with Crippen LogP contribution in [-0.2, 0) is 6.61 Å². The summed E-state index contributed by atoms with van der Waals surface area (Å²) >= 11 is 0. The SMILES string of the molecule is c1ccc(COc2cncc(N3CCNCC3)n2)cc1. The largest absolute Gasteiger partial charge is 0.472 e. The third-order valence-corrected chi connectivity index (χ3v) is 3.27. The van der Waals surface area contributed by atoms with Crippen molar-refractivity contribution in [3.05, 3.63) is 48.3 Å². The average molecular weight is 270 g/mol. The van der Waals surface area contributed by atoms with Crippen LogP contribution in [0.15, 0.2) is 42.7 Å². The molecule has 0 atom stereocenters. The van der Waals surface area contributed by atoms with Gasteiger partial charge in [-0.15, -0.1) is 0 Å². The highest BCUT2D eigenvalue weighted by Gasteiger charge is 2.12. The molecule has 3 rings (SSSR count). The minimum atomic E-state index is 0.514. The van der Waals surface area contributed by atoms with Gasteiger partial charge in [0.25, 0.3) is 0 Å². The molecule has 0 aliphatic carbocycles. The van der Waals surface area contributed by atoms with Crippen LogP contribution in [0.1, 0.15) is 5.56 Å². The van der Waals surface area contributed by atoms with E-state index >= 15 is 0 Å². The van der Waals surface area contributed by atoms with Crippen LogP contribution >= 0.6 is 0 Å². The number of aromatic nitrogens is 2. The summed E-state index contributed by atoms with van der Waals surface area (Å²) in [5.41, 5.74) is 1.13. The molecular weight excluding hydrogens is 252 g/mol. The van der Waals surface area contributed by atoms with Gasteiger partial charge in [-0.1, -0.05) is 30.3 Å². The van der Waals surface area contributed by atoms with Crippen molar-refractivity contribution in [2.75, 3.05) is 31.1 Å². The normalized spacial score (nSPS) is 15.1. The molecule has 1 aromatic carbocycles. The molecule has 0 saturated carbocycles. The van der Waals surface area contributed by atoms with E-state index in [2.05, 4.69) is 20.2 Å². The number of ether oxygens (including phenoxy) is 1. The number of hydrogen-bond acceptors (Lipinski definition) is 5. The van der Waals surface area contributed by atoms with Crippen molar-refractivity contribution >= 4 is 5.82 Å². The number of nitrogens with one attached hydrogen (secondary N) is 1. The third-order valence-electron chi connectivity index (χ3n) is 3.27. The van der Waals surface area contributed by atoms with Gasteiger partial charge in [-0.3, -0.25) is 4.98 Å². The molecule has 5 nitrogen and oxygen atoms in total. The zero-order chi connectivity index (χ0) is 13.6. The molecule has 0 spiro atoms. The standard InChI is InChI=1S/C15H18N4O/c1-2-4-13(5-3-1)12-20-15-11-17-10-14(18-15)19-8-6-16-7-9-19/h1-5,10-11,16H,6-9,12H2. The van der Waals surface area contributed by atoms with E-state index in [1.807, 2.05) is 30.3 Å². The molecule has 1 N–H and O–H groups in total. The number of nitrogens with zero attached hydrogens (tertiary/aromatic N) is 3. The molecule has 1 aliphatic rings. The second-order valence-electron chi connectivity index (χ2n) is 4.73. The topological polar surface area (TPSA) is 50.3 Å². The zero-order valence-corrected chi connectivity index (χ0v) is 11.3. The zero-order valence-electron chi connectivity index (χ0n) is 11.3. The molecule has 0 bridgehead atoms. The van der Waals surface area contributed by atoms with Gasteiger partial charge in [0.05, 0.1) is 12.4 Å². The van der Waals surface area contributed by atoms with Gasteiger partial charge in [0.2, 0.25) is 5.88 Å². The Morgan fingerprint density at radius 2 is 1.90 bits per heavy atom. The molecule has 1 aromatic heterocycles.